The summed E-state index contributed by atoms with van der Waals surface area (Å²) in [5.41, 5.74) is 0. The molecule has 0 aliphatic heterocycles. The number of nitrogens with one attached hydrogen (secondary N) is 1. The number of hydrogen-bond donors (Lipinski definition) is 2. The van der Waals surface area contributed by atoms with E-state index in [0.717, 1.165) is 25.7 Å². The van der Waals surface area contributed by atoms with Gasteiger partial charge in [-0.15, -0.1) is 0 Å². The van der Waals surface area contributed by atoms with Crippen molar-refractivity contribution in [2.45, 2.75) is 45.1 Å². The van der Waals surface area contributed by atoms with Crippen LogP contribution in [0.5, 0.6) is 0 Å². The Balaban J connectivity index is 2.29. The third-order valence-electron chi connectivity index (χ3n) is 2.63. The van der Waals surface area contributed by atoms with Crippen LogP contribution in [0.1, 0.15) is 39.0 Å². The van der Waals surface area contributed by atoms with Gasteiger partial charge < -0.3 is 10.4 Å². The normalized spacial score (nSPS) is 19.2. The predicted molar refractivity (Wildman–Crippen MR) is 51.8 cm³/mol. The van der Waals surface area contributed by atoms with Crippen LogP contribution in [0.15, 0.2) is 0 Å². The van der Waals surface area contributed by atoms with E-state index in [-0.39, 0.29) is 18.4 Å². The lowest BCUT2D eigenvalue weighted by atomic mass is 10.1. The fraction of sp³-hybridized carbons (Fsp3) is 0.800. The highest BCUT2D eigenvalue weighted by atomic mass is 16.4. The third kappa shape index (κ3) is 3.36. The molecule has 1 amide bonds. The molecule has 80 valence electrons. The van der Waals surface area contributed by atoms with E-state index in [4.69, 9.17) is 5.11 Å². The largest absolute Gasteiger partial charge is 0.481 e. The second-order valence-corrected chi connectivity index (χ2v) is 3.99. The molecule has 14 heavy (non-hydrogen) atoms. The zero-order chi connectivity index (χ0) is 10.6. The number of amides is 1. The van der Waals surface area contributed by atoms with E-state index in [1.807, 2.05) is 0 Å². The Labute approximate surface area is 83.7 Å². The molecule has 0 aromatic heterocycles. The number of rotatable bonds is 4. The molecule has 0 saturated heterocycles. The second kappa shape index (κ2) is 4.98. The second-order valence-electron chi connectivity index (χ2n) is 3.99. The van der Waals surface area contributed by atoms with Gasteiger partial charge in [0, 0.05) is 12.0 Å². The molecular formula is C10H17NO3. The summed E-state index contributed by atoms with van der Waals surface area (Å²) in [6, 6.07) is 0.277. The highest BCUT2D eigenvalue weighted by molar-refractivity contribution is 5.83. The van der Waals surface area contributed by atoms with Gasteiger partial charge in [0.15, 0.2) is 0 Å². The summed E-state index contributed by atoms with van der Waals surface area (Å²) < 4.78 is 0. The summed E-state index contributed by atoms with van der Waals surface area (Å²) in [6.45, 7) is 1.65. The molecule has 4 heteroatoms. The van der Waals surface area contributed by atoms with Crippen LogP contribution in [0.4, 0.5) is 0 Å². The lowest BCUT2D eigenvalue weighted by Gasteiger charge is -2.15. The lowest BCUT2D eigenvalue weighted by Crippen LogP contribution is -2.37. The van der Waals surface area contributed by atoms with Crippen LogP contribution in [0, 0.1) is 5.92 Å². The highest BCUT2D eigenvalue weighted by Gasteiger charge is 2.21. The van der Waals surface area contributed by atoms with E-state index in [9.17, 15) is 9.59 Å². The van der Waals surface area contributed by atoms with Crippen molar-refractivity contribution in [2.75, 3.05) is 0 Å². The minimum Gasteiger partial charge on any atom is -0.481 e. The lowest BCUT2D eigenvalue weighted by molar-refractivity contribution is -0.140. The van der Waals surface area contributed by atoms with E-state index < -0.39 is 11.9 Å². The molecule has 1 rings (SSSR count). The molecule has 0 aromatic carbocycles. The van der Waals surface area contributed by atoms with Crippen molar-refractivity contribution in [1.82, 2.24) is 5.32 Å². The maximum absolute atomic E-state index is 11.5. The molecule has 0 radical (unpaired) electrons. The molecular weight excluding hydrogens is 182 g/mol. The van der Waals surface area contributed by atoms with Crippen molar-refractivity contribution in [1.29, 1.82) is 0 Å². The van der Waals surface area contributed by atoms with Gasteiger partial charge in [0.05, 0.1) is 6.42 Å². The number of carbonyl (C=O) groups excluding carboxylic acids is 1. The average molecular weight is 199 g/mol. The summed E-state index contributed by atoms with van der Waals surface area (Å²) in [5, 5.41) is 11.4. The van der Waals surface area contributed by atoms with E-state index in [2.05, 4.69) is 5.32 Å². The van der Waals surface area contributed by atoms with Crippen molar-refractivity contribution < 1.29 is 14.7 Å². The van der Waals surface area contributed by atoms with Crippen LogP contribution in [0.2, 0.25) is 0 Å². The molecule has 4 nitrogen and oxygen atoms in total. The Morgan fingerprint density at radius 1 is 1.43 bits per heavy atom. The quantitative estimate of drug-likeness (QED) is 0.714. The van der Waals surface area contributed by atoms with Crippen LogP contribution in [-0.4, -0.2) is 23.0 Å². The fourth-order valence-electron chi connectivity index (χ4n) is 1.77. The standard InChI is InChI=1S/C10H17NO3/c1-7(6-9(12)13)10(14)11-8-4-2-3-5-8/h7-8H,2-6H2,1H3,(H,11,14)(H,12,13)/t7-/m0/s1. The number of carboxylic acids is 1. The van der Waals surface area contributed by atoms with Crippen molar-refractivity contribution in [2.24, 2.45) is 5.92 Å². The minimum atomic E-state index is -0.918. The van der Waals surface area contributed by atoms with E-state index in [1.165, 1.54) is 0 Å². The van der Waals surface area contributed by atoms with Gasteiger partial charge in [0.2, 0.25) is 5.91 Å². The molecule has 1 aliphatic carbocycles. The SMILES string of the molecule is C[C@@H](CC(=O)O)C(=O)NC1CCCC1. The molecule has 1 saturated carbocycles. The third-order valence-corrected chi connectivity index (χ3v) is 2.63. The van der Waals surface area contributed by atoms with Crippen molar-refractivity contribution in [3.8, 4) is 0 Å². The monoisotopic (exact) mass is 199 g/mol. The molecule has 0 unspecified atom stereocenters. The van der Waals surface area contributed by atoms with Crippen molar-refractivity contribution in [3.05, 3.63) is 0 Å². The summed E-state index contributed by atoms with van der Waals surface area (Å²) in [4.78, 5) is 21.8. The number of carboxylic acid groups (broad SMARTS) is 1. The van der Waals surface area contributed by atoms with Gasteiger partial charge in [-0.2, -0.15) is 0 Å². The van der Waals surface area contributed by atoms with Gasteiger partial charge in [-0.25, -0.2) is 0 Å². The molecule has 0 bridgehead atoms. The van der Waals surface area contributed by atoms with E-state index in [1.54, 1.807) is 6.92 Å². The summed E-state index contributed by atoms with van der Waals surface area (Å²) in [5.74, 6) is -1.47. The Hall–Kier alpha value is -1.06. The Morgan fingerprint density at radius 3 is 2.50 bits per heavy atom. The summed E-state index contributed by atoms with van der Waals surface area (Å²) >= 11 is 0. The Kier molecular flexibility index (Phi) is 3.92. The Bertz CT molecular complexity index is 221. The summed E-state index contributed by atoms with van der Waals surface area (Å²) in [6.07, 6.45) is 4.31. The average Bonchev–Trinajstić information content (AvgIpc) is 2.55. The maximum Gasteiger partial charge on any atom is 0.304 e. The van der Waals surface area contributed by atoms with Gasteiger partial charge in [0.25, 0.3) is 0 Å². The molecule has 1 fully saturated rings. The van der Waals surface area contributed by atoms with Gasteiger partial charge in [0.1, 0.15) is 0 Å². The van der Waals surface area contributed by atoms with Crippen molar-refractivity contribution >= 4 is 11.9 Å². The zero-order valence-electron chi connectivity index (χ0n) is 8.45. The predicted octanol–water partition coefficient (Wildman–Crippen LogP) is 1.16. The molecule has 0 heterocycles. The van der Waals surface area contributed by atoms with E-state index in [0.29, 0.717) is 0 Å². The van der Waals surface area contributed by atoms with Crippen LogP contribution < -0.4 is 5.32 Å². The molecule has 0 aromatic rings. The Morgan fingerprint density at radius 2 is 2.00 bits per heavy atom. The van der Waals surface area contributed by atoms with E-state index >= 15 is 0 Å². The first-order valence-electron chi connectivity index (χ1n) is 5.11. The topological polar surface area (TPSA) is 66.4 Å². The van der Waals surface area contributed by atoms with Crippen molar-refractivity contribution in [3.63, 3.8) is 0 Å². The smallest absolute Gasteiger partial charge is 0.304 e. The molecule has 1 aliphatic rings. The first-order valence-corrected chi connectivity index (χ1v) is 5.11. The first-order chi connectivity index (χ1) is 6.59. The molecule has 1 atom stereocenters. The zero-order valence-corrected chi connectivity index (χ0v) is 8.45. The van der Waals surface area contributed by atoms with Crippen LogP contribution in [0.3, 0.4) is 0 Å². The molecule has 0 spiro atoms. The molecule has 2 N–H and O–H groups in total. The number of aliphatic carboxylic acids is 1. The number of carbonyl (C=O) groups is 2. The van der Waals surface area contributed by atoms with Gasteiger partial charge >= 0.3 is 5.97 Å². The maximum atomic E-state index is 11.5. The summed E-state index contributed by atoms with van der Waals surface area (Å²) in [7, 11) is 0. The fourth-order valence-corrected chi connectivity index (χ4v) is 1.77. The number of hydrogen-bond acceptors (Lipinski definition) is 2. The highest BCUT2D eigenvalue weighted by Crippen LogP contribution is 2.18. The van der Waals surface area contributed by atoms with Crippen LogP contribution in [-0.2, 0) is 9.59 Å². The minimum absolute atomic E-state index is 0.0848. The van der Waals surface area contributed by atoms with Gasteiger partial charge in [-0.3, -0.25) is 9.59 Å². The van der Waals surface area contributed by atoms with Gasteiger partial charge in [-0.05, 0) is 12.8 Å². The van der Waals surface area contributed by atoms with Gasteiger partial charge in [-0.1, -0.05) is 19.8 Å². The first kappa shape index (κ1) is 11.0. The van der Waals surface area contributed by atoms with Crippen LogP contribution in [0.25, 0.3) is 0 Å². The van der Waals surface area contributed by atoms with Crippen LogP contribution >= 0.6 is 0 Å².